The Bertz CT molecular complexity index is 539. The van der Waals surface area contributed by atoms with Gasteiger partial charge in [-0.25, -0.2) is 0 Å². The van der Waals surface area contributed by atoms with Crippen LogP contribution in [-0.2, 0) is 11.3 Å². The lowest BCUT2D eigenvalue weighted by Gasteiger charge is -2.14. The fourth-order valence-electron chi connectivity index (χ4n) is 2.50. The van der Waals surface area contributed by atoms with Crippen LogP contribution < -0.4 is 4.74 Å². The normalized spacial score (nSPS) is 19.1. The van der Waals surface area contributed by atoms with Crippen molar-refractivity contribution in [3.8, 4) is 5.75 Å². The fourth-order valence-corrected chi connectivity index (χ4v) is 2.50. The van der Waals surface area contributed by atoms with Crippen LogP contribution in [0.25, 0.3) is 0 Å². The van der Waals surface area contributed by atoms with Crippen molar-refractivity contribution in [1.29, 1.82) is 0 Å². The summed E-state index contributed by atoms with van der Waals surface area (Å²) in [5.74, 6) is 0.897. The van der Waals surface area contributed by atoms with E-state index in [0.29, 0.717) is 6.73 Å². The zero-order valence-corrected chi connectivity index (χ0v) is 11.7. The number of hydrogen-bond acceptors (Lipinski definition) is 3. The van der Waals surface area contributed by atoms with E-state index in [2.05, 4.69) is 41.3 Å². The smallest absolute Gasteiger partial charge is 0.118 e. The summed E-state index contributed by atoms with van der Waals surface area (Å²) in [5, 5.41) is 0. The Balaban J connectivity index is 1.60. The van der Waals surface area contributed by atoms with Crippen LogP contribution in [0.5, 0.6) is 5.75 Å². The highest BCUT2D eigenvalue weighted by Gasteiger charge is 2.24. The molecule has 1 heterocycles. The number of methoxy groups -OCH3 is 1. The molecule has 3 heteroatoms. The predicted octanol–water partition coefficient (Wildman–Crippen LogP) is 3.23. The van der Waals surface area contributed by atoms with E-state index in [-0.39, 0.29) is 6.10 Å². The molecule has 2 aromatic carbocycles. The molecule has 0 aromatic heterocycles. The average molecular weight is 269 g/mol. The summed E-state index contributed by atoms with van der Waals surface area (Å²) >= 11 is 0. The van der Waals surface area contributed by atoms with E-state index >= 15 is 0 Å². The second-order valence-electron chi connectivity index (χ2n) is 5.05. The van der Waals surface area contributed by atoms with Crippen molar-refractivity contribution in [3.63, 3.8) is 0 Å². The van der Waals surface area contributed by atoms with Gasteiger partial charge in [-0.05, 0) is 23.3 Å². The summed E-state index contributed by atoms with van der Waals surface area (Å²) in [6.45, 7) is 2.54. The van der Waals surface area contributed by atoms with Gasteiger partial charge in [0.05, 0.1) is 13.2 Å². The van der Waals surface area contributed by atoms with E-state index in [9.17, 15) is 0 Å². The Kier molecular flexibility index (Phi) is 4.00. The third kappa shape index (κ3) is 3.00. The van der Waals surface area contributed by atoms with Gasteiger partial charge in [-0.15, -0.1) is 0 Å². The zero-order chi connectivity index (χ0) is 13.8. The molecular formula is C17H19NO2. The molecule has 0 amide bonds. The topological polar surface area (TPSA) is 21.7 Å². The first-order valence-corrected chi connectivity index (χ1v) is 6.87. The minimum Gasteiger partial charge on any atom is -0.497 e. The molecule has 1 aliphatic rings. The van der Waals surface area contributed by atoms with Crippen LogP contribution in [0.1, 0.15) is 17.2 Å². The Morgan fingerprint density at radius 2 is 1.85 bits per heavy atom. The summed E-state index contributed by atoms with van der Waals surface area (Å²) in [6.07, 6.45) is 0.189. The van der Waals surface area contributed by atoms with Gasteiger partial charge in [-0.3, -0.25) is 4.90 Å². The summed E-state index contributed by atoms with van der Waals surface area (Å²) in [4.78, 5) is 2.32. The van der Waals surface area contributed by atoms with E-state index < -0.39 is 0 Å². The van der Waals surface area contributed by atoms with Crippen LogP contribution in [0.2, 0.25) is 0 Å². The van der Waals surface area contributed by atoms with Gasteiger partial charge in [-0.2, -0.15) is 0 Å². The maximum atomic E-state index is 5.87. The fraction of sp³-hybridized carbons (Fsp3) is 0.294. The molecule has 1 saturated heterocycles. The van der Waals surface area contributed by atoms with Crippen LogP contribution in [0.3, 0.4) is 0 Å². The van der Waals surface area contributed by atoms with E-state index in [0.717, 1.165) is 18.8 Å². The first-order chi connectivity index (χ1) is 9.85. The van der Waals surface area contributed by atoms with Gasteiger partial charge in [0.1, 0.15) is 12.5 Å². The predicted molar refractivity (Wildman–Crippen MR) is 78.5 cm³/mol. The van der Waals surface area contributed by atoms with E-state index in [1.807, 2.05) is 18.2 Å². The third-order valence-corrected chi connectivity index (χ3v) is 3.62. The molecule has 0 aliphatic carbocycles. The maximum Gasteiger partial charge on any atom is 0.118 e. The van der Waals surface area contributed by atoms with Crippen LogP contribution in [0.15, 0.2) is 54.6 Å². The average Bonchev–Trinajstić information content (AvgIpc) is 2.97. The van der Waals surface area contributed by atoms with Gasteiger partial charge in [0.25, 0.3) is 0 Å². The molecule has 0 radical (unpaired) electrons. The van der Waals surface area contributed by atoms with Crippen LogP contribution in [0, 0.1) is 0 Å². The molecule has 1 aliphatic heterocycles. The third-order valence-electron chi connectivity index (χ3n) is 3.62. The molecule has 3 rings (SSSR count). The Hall–Kier alpha value is -1.84. The summed E-state index contributed by atoms with van der Waals surface area (Å²) in [6, 6.07) is 18.6. The molecule has 1 fully saturated rings. The lowest BCUT2D eigenvalue weighted by Crippen LogP contribution is -2.19. The number of rotatable bonds is 4. The van der Waals surface area contributed by atoms with Crippen molar-refractivity contribution in [2.45, 2.75) is 12.6 Å². The molecule has 0 N–H and O–H groups in total. The minimum atomic E-state index is 0.189. The van der Waals surface area contributed by atoms with Crippen LogP contribution in [-0.4, -0.2) is 25.3 Å². The van der Waals surface area contributed by atoms with Crippen molar-refractivity contribution in [2.75, 3.05) is 20.4 Å². The van der Waals surface area contributed by atoms with Gasteiger partial charge >= 0.3 is 0 Å². The van der Waals surface area contributed by atoms with Crippen LogP contribution in [0.4, 0.5) is 0 Å². The Morgan fingerprint density at radius 3 is 2.55 bits per heavy atom. The van der Waals surface area contributed by atoms with Crippen molar-refractivity contribution >= 4 is 0 Å². The quantitative estimate of drug-likeness (QED) is 0.850. The van der Waals surface area contributed by atoms with Gasteiger partial charge in [-0.1, -0.05) is 42.5 Å². The monoisotopic (exact) mass is 269 g/mol. The van der Waals surface area contributed by atoms with E-state index in [1.54, 1.807) is 7.11 Å². The first-order valence-electron chi connectivity index (χ1n) is 6.87. The second kappa shape index (κ2) is 6.07. The second-order valence-corrected chi connectivity index (χ2v) is 5.05. The molecule has 1 unspecified atom stereocenters. The van der Waals surface area contributed by atoms with Gasteiger partial charge in [0.15, 0.2) is 0 Å². The minimum absolute atomic E-state index is 0.189. The number of hydrogen-bond donors (Lipinski definition) is 0. The summed E-state index contributed by atoms with van der Waals surface area (Å²) in [5.41, 5.74) is 2.54. The summed E-state index contributed by atoms with van der Waals surface area (Å²) < 4.78 is 11.0. The highest BCUT2D eigenvalue weighted by molar-refractivity contribution is 5.27. The van der Waals surface area contributed by atoms with Crippen molar-refractivity contribution < 1.29 is 9.47 Å². The molecule has 2 aromatic rings. The molecule has 20 heavy (non-hydrogen) atoms. The highest BCUT2D eigenvalue weighted by atomic mass is 16.5. The highest BCUT2D eigenvalue weighted by Crippen LogP contribution is 2.25. The first kappa shape index (κ1) is 13.2. The molecular weight excluding hydrogens is 250 g/mol. The Morgan fingerprint density at radius 1 is 1.10 bits per heavy atom. The number of ether oxygens (including phenoxy) is 2. The van der Waals surface area contributed by atoms with Crippen molar-refractivity contribution in [3.05, 3.63) is 65.7 Å². The summed E-state index contributed by atoms with van der Waals surface area (Å²) in [7, 11) is 1.69. The molecule has 0 spiro atoms. The van der Waals surface area contributed by atoms with E-state index in [4.69, 9.17) is 9.47 Å². The number of nitrogens with zero attached hydrogens (tertiary/aromatic N) is 1. The lowest BCUT2D eigenvalue weighted by atomic mass is 10.1. The zero-order valence-electron chi connectivity index (χ0n) is 11.7. The van der Waals surface area contributed by atoms with Crippen LogP contribution >= 0.6 is 0 Å². The lowest BCUT2D eigenvalue weighted by molar-refractivity contribution is 0.0880. The molecule has 0 bridgehead atoms. The van der Waals surface area contributed by atoms with Crippen molar-refractivity contribution in [1.82, 2.24) is 4.90 Å². The van der Waals surface area contributed by atoms with Gasteiger partial charge < -0.3 is 9.47 Å². The Labute approximate surface area is 119 Å². The number of benzene rings is 2. The molecule has 104 valence electrons. The largest absolute Gasteiger partial charge is 0.497 e. The van der Waals surface area contributed by atoms with E-state index in [1.165, 1.54) is 11.1 Å². The van der Waals surface area contributed by atoms with Gasteiger partial charge in [0, 0.05) is 13.1 Å². The standard InChI is InChI=1S/C17H19NO2/c1-19-16-9-7-14(8-10-16)11-18-12-17(20-13-18)15-5-3-2-4-6-15/h2-10,17H,11-13H2,1H3. The molecule has 3 nitrogen and oxygen atoms in total. The maximum absolute atomic E-state index is 5.87. The molecule has 1 atom stereocenters. The van der Waals surface area contributed by atoms with Gasteiger partial charge in [0.2, 0.25) is 0 Å². The molecule has 0 saturated carbocycles. The SMILES string of the molecule is COc1ccc(CN2COC(c3ccccc3)C2)cc1. The van der Waals surface area contributed by atoms with Crippen molar-refractivity contribution in [2.24, 2.45) is 0 Å².